The third-order valence-electron chi connectivity index (χ3n) is 1.48. The van der Waals surface area contributed by atoms with Gasteiger partial charge in [-0.05, 0) is 19.3 Å². The molecule has 1 nitrogen and oxygen atoms in total. The van der Waals surface area contributed by atoms with Crippen molar-refractivity contribution in [3.63, 3.8) is 0 Å². The lowest BCUT2D eigenvalue weighted by Gasteiger charge is -1.98. The second-order valence-electron chi connectivity index (χ2n) is 2.28. The predicted octanol–water partition coefficient (Wildman–Crippen LogP) is 1.48. The van der Waals surface area contributed by atoms with Gasteiger partial charge in [-0.1, -0.05) is 18.6 Å². The van der Waals surface area contributed by atoms with Crippen molar-refractivity contribution < 1.29 is 5.11 Å². The van der Waals surface area contributed by atoms with Crippen LogP contribution in [0.25, 0.3) is 0 Å². The summed E-state index contributed by atoms with van der Waals surface area (Å²) >= 11 is 0. The lowest BCUT2D eigenvalue weighted by molar-refractivity contribution is 0.211. The fraction of sp³-hybridized carbons (Fsp3) is 0.714. The van der Waals surface area contributed by atoms with Gasteiger partial charge in [0.2, 0.25) is 0 Å². The molecular weight excluding hydrogens is 100 g/mol. The molecule has 0 fully saturated rings. The van der Waals surface area contributed by atoms with Crippen LogP contribution in [0.1, 0.15) is 25.7 Å². The van der Waals surface area contributed by atoms with Crippen molar-refractivity contribution in [2.24, 2.45) is 0 Å². The van der Waals surface area contributed by atoms with Gasteiger partial charge in [-0.15, -0.1) is 0 Å². The zero-order chi connectivity index (χ0) is 5.82. The van der Waals surface area contributed by atoms with Gasteiger partial charge < -0.3 is 5.11 Å². The smallest absolute Gasteiger partial charge is 0.0720 e. The standard InChI is InChI=1S/C7H12O/c8-7-5-3-1-2-4-6-7/h3,5,7-8H,1-2,4,6H2. The van der Waals surface area contributed by atoms with Crippen LogP contribution in [-0.4, -0.2) is 11.2 Å². The molecule has 0 spiro atoms. The summed E-state index contributed by atoms with van der Waals surface area (Å²) in [4.78, 5) is 0. The van der Waals surface area contributed by atoms with Crippen LogP contribution in [0.3, 0.4) is 0 Å². The number of hydrogen-bond acceptors (Lipinski definition) is 1. The highest BCUT2D eigenvalue weighted by molar-refractivity contribution is 4.90. The summed E-state index contributed by atoms with van der Waals surface area (Å²) < 4.78 is 0. The summed E-state index contributed by atoms with van der Waals surface area (Å²) in [6.45, 7) is 0. The summed E-state index contributed by atoms with van der Waals surface area (Å²) in [6, 6.07) is 0. The Bertz CT molecular complexity index is 86.4. The van der Waals surface area contributed by atoms with E-state index in [0.29, 0.717) is 0 Å². The van der Waals surface area contributed by atoms with Crippen LogP contribution in [-0.2, 0) is 0 Å². The van der Waals surface area contributed by atoms with Crippen LogP contribution in [0.4, 0.5) is 0 Å². The Morgan fingerprint density at radius 1 is 1.38 bits per heavy atom. The number of aliphatic hydroxyl groups is 1. The van der Waals surface area contributed by atoms with E-state index >= 15 is 0 Å². The van der Waals surface area contributed by atoms with E-state index in [4.69, 9.17) is 5.11 Å². The Kier molecular flexibility index (Phi) is 2.10. The Morgan fingerprint density at radius 3 is 3.12 bits per heavy atom. The number of allylic oxidation sites excluding steroid dienone is 1. The van der Waals surface area contributed by atoms with Crippen molar-refractivity contribution in [3.05, 3.63) is 12.2 Å². The fourth-order valence-corrected chi connectivity index (χ4v) is 0.965. The highest BCUT2D eigenvalue weighted by atomic mass is 16.3. The minimum Gasteiger partial charge on any atom is -0.389 e. The van der Waals surface area contributed by atoms with Crippen molar-refractivity contribution >= 4 is 0 Å². The van der Waals surface area contributed by atoms with Crippen LogP contribution < -0.4 is 0 Å². The molecule has 0 radical (unpaired) electrons. The predicted molar refractivity (Wildman–Crippen MR) is 33.6 cm³/mol. The minimum atomic E-state index is -0.155. The van der Waals surface area contributed by atoms with E-state index in [0.717, 1.165) is 12.8 Å². The van der Waals surface area contributed by atoms with Crippen LogP contribution in [0, 0.1) is 0 Å². The Balaban J connectivity index is 2.33. The molecule has 1 N–H and O–H groups in total. The summed E-state index contributed by atoms with van der Waals surface area (Å²) in [5.74, 6) is 0. The molecule has 1 aliphatic carbocycles. The van der Waals surface area contributed by atoms with Crippen molar-refractivity contribution in [1.82, 2.24) is 0 Å². The first-order chi connectivity index (χ1) is 3.89. The summed E-state index contributed by atoms with van der Waals surface area (Å²) in [5.41, 5.74) is 0. The second-order valence-corrected chi connectivity index (χ2v) is 2.28. The molecule has 0 aliphatic heterocycles. The van der Waals surface area contributed by atoms with E-state index in [2.05, 4.69) is 6.08 Å². The van der Waals surface area contributed by atoms with Crippen LogP contribution in [0.5, 0.6) is 0 Å². The second kappa shape index (κ2) is 2.88. The molecule has 1 atom stereocenters. The summed E-state index contributed by atoms with van der Waals surface area (Å²) in [5, 5.41) is 9.00. The molecule has 1 heteroatoms. The van der Waals surface area contributed by atoms with E-state index in [1.807, 2.05) is 6.08 Å². The van der Waals surface area contributed by atoms with E-state index in [-0.39, 0.29) is 6.10 Å². The maximum Gasteiger partial charge on any atom is 0.0720 e. The molecule has 0 aromatic carbocycles. The lowest BCUT2D eigenvalue weighted by atomic mass is 10.2. The van der Waals surface area contributed by atoms with Crippen molar-refractivity contribution in [1.29, 1.82) is 0 Å². The molecule has 0 saturated carbocycles. The Hall–Kier alpha value is -0.300. The number of rotatable bonds is 0. The normalized spacial score (nSPS) is 29.9. The highest BCUT2D eigenvalue weighted by Gasteiger charge is 2.00. The monoisotopic (exact) mass is 112 g/mol. The molecule has 1 aliphatic rings. The number of hydrogen-bond donors (Lipinski definition) is 1. The molecule has 0 amide bonds. The van der Waals surface area contributed by atoms with E-state index in [1.54, 1.807) is 0 Å². The molecule has 1 rings (SSSR count). The van der Waals surface area contributed by atoms with Crippen LogP contribution in [0.2, 0.25) is 0 Å². The van der Waals surface area contributed by atoms with Crippen LogP contribution in [0.15, 0.2) is 12.2 Å². The van der Waals surface area contributed by atoms with Gasteiger partial charge in [0.05, 0.1) is 6.10 Å². The maximum absolute atomic E-state index is 9.00. The van der Waals surface area contributed by atoms with Crippen molar-refractivity contribution in [2.45, 2.75) is 31.8 Å². The molecule has 8 heavy (non-hydrogen) atoms. The van der Waals surface area contributed by atoms with E-state index in [9.17, 15) is 0 Å². The first kappa shape index (κ1) is 5.83. The lowest BCUT2D eigenvalue weighted by Crippen LogP contribution is -1.98. The topological polar surface area (TPSA) is 20.2 Å². The van der Waals surface area contributed by atoms with Gasteiger partial charge >= 0.3 is 0 Å². The van der Waals surface area contributed by atoms with Gasteiger partial charge in [-0.2, -0.15) is 0 Å². The molecule has 1 unspecified atom stereocenters. The molecular formula is C7H12O. The number of aliphatic hydroxyl groups excluding tert-OH is 1. The van der Waals surface area contributed by atoms with Gasteiger partial charge in [0.15, 0.2) is 0 Å². The van der Waals surface area contributed by atoms with Gasteiger partial charge in [0.25, 0.3) is 0 Å². The SMILES string of the molecule is OC1C=CCCCC1. The minimum absolute atomic E-state index is 0.155. The van der Waals surface area contributed by atoms with Crippen LogP contribution >= 0.6 is 0 Å². The average Bonchev–Trinajstić information content (AvgIpc) is 1.94. The zero-order valence-electron chi connectivity index (χ0n) is 5.01. The van der Waals surface area contributed by atoms with Gasteiger partial charge in [0.1, 0.15) is 0 Å². The molecule has 0 aromatic heterocycles. The highest BCUT2D eigenvalue weighted by Crippen LogP contribution is 2.09. The average molecular weight is 112 g/mol. The Morgan fingerprint density at radius 2 is 2.25 bits per heavy atom. The first-order valence-electron chi connectivity index (χ1n) is 3.24. The zero-order valence-corrected chi connectivity index (χ0v) is 5.01. The summed E-state index contributed by atoms with van der Waals surface area (Å²) in [6.07, 6.45) is 8.33. The van der Waals surface area contributed by atoms with Crippen molar-refractivity contribution in [3.8, 4) is 0 Å². The molecule has 46 valence electrons. The van der Waals surface area contributed by atoms with Gasteiger partial charge in [-0.25, -0.2) is 0 Å². The van der Waals surface area contributed by atoms with Gasteiger partial charge in [0, 0.05) is 0 Å². The largest absolute Gasteiger partial charge is 0.389 e. The summed E-state index contributed by atoms with van der Waals surface area (Å²) in [7, 11) is 0. The molecule has 0 heterocycles. The van der Waals surface area contributed by atoms with Crippen molar-refractivity contribution in [2.75, 3.05) is 0 Å². The maximum atomic E-state index is 9.00. The molecule has 0 bridgehead atoms. The first-order valence-corrected chi connectivity index (χ1v) is 3.24. The third kappa shape index (κ3) is 1.66. The molecule has 0 saturated heterocycles. The quantitative estimate of drug-likeness (QED) is 0.470. The molecule has 0 aromatic rings. The fourth-order valence-electron chi connectivity index (χ4n) is 0.965. The van der Waals surface area contributed by atoms with E-state index in [1.165, 1.54) is 12.8 Å². The third-order valence-corrected chi connectivity index (χ3v) is 1.48. The Labute approximate surface area is 50.0 Å². The van der Waals surface area contributed by atoms with Gasteiger partial charge in [-0.3, -0.25) is 0 Å². The van der Waals surface area contributed by atoms with E-state index < -0.39 is 0 Å².